The normalized spacial score (nSPS) is 15.3. The molecule has 1 aromatic carbocycles. The lowest BCUT2D eigenvalue weighted by atomic mass is 10.2. The van der Waals surface area contributed by atoms with Gasteiger partial charge in [0.1, 0.15) is 6.54 Å². The number of hydrogen-bond donors (Lipinski definition) is 1. The number of nitriles is 1. The summed E-state index contributed by atoms with van der Waals surface area (Å²) in [6.07, 6.45) is 5.14. The standard InChI is InChI=1S/C15H19N3O3S/c1-22(20,21)18(14-8-6-12(10-16)7-9-14)11-15(19)17-13-4-2-3-5-13/h6-9,13H,2-5,11H2,1H3,(H,17,19). The van der Waals surface area contributed by atoms with E-state index in [2.05, 4.69) is 5.32 Å². The summed E-state index contributed by atoms with van der Waals surface area (Å²) in [5.74, 6) is -0.304. The van der Waals surface area contributed by atoms with Gasteiger partial charge in [-0.2, -0.15) is 5.26 Å². The van der Waals surface area contributed by atoms with Crippen LogP contribution in [-0.4, -0.2) is 33.2 Å². The number of amides is 1. The van der Waals surface area contributed by atoms with Gasteiger partial charge >= 0.3 is 0 Å². The number of carbonyl (C=O) groups is 1. The van der Waals surface area contributed by atoms with Crippen molar-refractivity contribution in [2.24, 2.45) is 0 Å². The first-order valence-corrected chi connectivity index (χ1v) is 9.02. The quantitative estimate of drug-likeness (QED) is 0.887. The lowest BCUT2D eigenvalue weighted by molar-refractivity contribution is -0.120. The molecule has 0 aliphatic heterocycles. The van der Waals surface area contributed by atoms with Crippen molar-refractivity contribution >= 4 is 21.6 Å². The Hall–Kier alpha value is -2.07. The first kappa shape index (κ1) is 16.3. The largest absolute Gasteiger partial charge is 0.352 e. The third kappa shape index (κ3) is 4.21. The van der Waals surface area contributed by atoms with Gasteiger partial charge in [-0.3, -0.25) is 9.10 Å². The van der Waals surface area contributed by atoms with Gasteiger partial charge in [-0.15, -0.1) is 0 Å². The molecule has 118 valence electrons. The van der Waals surface area contributed by atoms with Crippen LogP contribution >= 0.6 is 0 Å². The van der Waals surface area contributed by atoms with E-state index in [1.165, 1.54) is 24.3 Å². The number of carbonyl (C=O) groups excluding carboxylic acids is 1. The molecule has 1 amide bonds. The van der Waals surface area contributed by atoms with Crippen molar-refractivity contribution in [3.63, 3.8) is 0 Å². The predicted octanol–water partition coefficient (Wildman–Crippen LogP) is 1.38. The molecule has 0 unspecified atom stereocenters. The highest BCUT2D eigenvalue weighted by Crippen LogP contribution is 2.19. The van der Waals surface area contributed by atoms with Gasteiger partial charge in [-0.1, -0.05) is 12.8 Å². The topological polar surface area (TPSA) is 90.3 Å². The number of rotatable bonds is 5. The zero-order valence-corrected chi connectivity index (χ0v) is 13.3. The van der Waals surface area contributed by atoms with E-state index in [9.17, 15) is 13.2 Å². The van der Waals surface area contributed by atoms with Crippen LogP contribution in [0.4, 0.5) is 5.69 Å². The summed E-state index contributed by atoms with van der Waals surface area (Å²) in [5, 5.41) is 11.7. The van der Waals surface area contributed by atoms with E-state index in [1.807, 2.05) is 6.07 Å². The number of hydrogen-bond acceptors (Lipinski definition) is 4. The SMILES string of the molecule is CS(=O)(=O)N(CC(=O)NC1CCCC1)c1ccc(C#N)cc1. The second kappa shape index (κ2) is 6.79. The highest BCUT2D eigenvalue weighted by atomic mass is 32.2. The molecule has 0 saturated heterocycles. The monoisotopic (exact) mass is 321 g/mol. The third-order valence-electron chi connectivity index (χ3n) is 3.69. The second-order valence-corrected chi connectivity index (χ2v) is 7.38. The molecule has 1 aliphatic carbocycles. The lowest BCUT2D eigenvalue weighted by Crippen LogP contribution is -2.43. The van der Waals surface area contributed by atoms with Crippen LogP contribution in [0.25, 0.3) is 0 Å². The van der Waals surface area contributed by atoms with Gasteiger partial charge in [-0.25, -0.2) is 8.42 Å². The van der Waals surface area contributed by atoms with Crippen LogP contribution in [0.2, 0.25) is 0 Å². The first-order chi connectivity index (χ1) is 10.4. The smallest absolute Gasteiger partial charge is 0.240 e. The zero-order valence-electron chi connectivity index (χ0n) is 12.4. The highest BCUT2D eigenvalue weighted by molar-refractivity contribution is 7.92. The molecule has 2 rings (SSSR count). The molecule has 1 fully saturated rings. The first-order valence-electron chi connectivity index (χ1n) is 7.17. The zero-order chi connectivity index (χ0) is 16.2. The summed E-state index contributed by atoms with van der Waals surface area (Å²) in [5.41, 5.74) is 0.815. The van der Waals surface area contributed by atoms with E-state index in [-0.39, 0.29) is 18.5 Å². The third-order valence-corrected chi connectivity index (χ3v) is 4.83. The summed E-state index contributed by atoms with van der Waals surface area (Å²) >= 11 is 0. The summed E-state index contributed by atoms with van der Waals surface area (Å²) < 4.78 is 24.9. The van der Waals surface area contributed by atoms with E-state index in [4.69, 9.17) is 5.26 Å². The molecular weight excluding hydrogens is 302 g/mol. The minimum atomic E-state index is -3.58. The van der Waals surface area contributed by atoms with E-state index in [0.29, 0.717) is 11.3 Å². The van der Waals surface area contributed by atoms with Crippen molar-refractivity contribution in [2.75, 3.05) is 17.1 Å². The van der Waals surface area contributed by atoms with E-state index in [1.54, 1.807) is 0 Å². The van der Waals surface area contributed by atoms with Crippen LogP contribution in [0.3, 0.4) is 0 Å². The molecule has 0 radical (unpaired) electrons. The van der Waals surface area contributed by atoms with Crippen molar-refractivity contribution < 1.29 is 13.2 Å². The van der Waals surface area contributed by atoms with E-state index >= 15 is 0 Å². The van der Waals surface area contributed by atoms with Gasteiger partial charge in [0.15, 0.2) is 0 Å². The average molecular weight is 321 g/mol. The van der Waals surface area contributed by atoms with E-state index in [0.717, 1.165) is 36.2 Å². The van der Waals surface area contributed by atoms with Gasteiger partial charge < -0.3 is 5.32 Å². The Bertz CT molecular complexity index is 671. The molecule has 0 spiro atoms. The highest BCUT2D eigenvalue weighted by Gasteiger charge is 2.23. The van der Waals surface area contributed by atoms with Crippen LogP contribution in [0.5, 0.6) is 0 Å². The van der Waals surface area contributed by atoms with Crippen molar-refractivity contribution in [3.8, 4) is 6.07 Å². The van der Waals surface area contributed by atoms with Gasteiger partial charge in [-0.05, 0) is 37.1 Å². The van der Waals surface area contributed by atoms with Gasteiger partial charge in [0, 0.05) is 6.04 Å². The molecule has 22 heavy (non-hydrogen) atoms. The van der Waals surface area contributed by atoms with Crippen molar-refractivity contribution in [1.82, 2.24) is 5.32 Å². The minimum Gasteiger partial charge on any atom is -0.352 e. The fraction of sp³-hybridized carbons (Fsp3) is 0.467. The number of benzene rings is 1. The van der Waals surface area contributed by atoms with Crippen LogP contribution in [0.1, 0.15) is 31.2 Å². The molecule has 0 bridgehead atoms. The maximum Gasteiger partial charge on any atom is 0.240 e. The van der Waals surface area contributed by atoms with E-state index < -0.39 is 10.0 Å². The summed E-state index contributed by atoms with van der Waals surface area (Å²) in [7, 11) is -3.58. The summed E-state index contributed by atoms with van der Waals surface area (Å²) in [6.45, 7) is -0.249. The van der Waals surface area contributed by atoms with Crippen molar-refractivity contribution in [3.05, 3.63) is 29.8 Å². The van der Waals surface area contributed by atoms with Crippen LogP contribution in [-0.2, 0) is 14.8 Å². The number of anilines is 1. The number of nitrogens with zero attached hydrogens (tertiary/aromatic N) is 2. The molecule has 6 nitrogen and oxygen atoms in total. The molecule has 0 heterocycles. The Balaban J connectivity index is 2.12. The Morgan fingerprint density at radius 3 is 2.41 bits per heavy atom. The predicted molar refractivity (Wildman–Crippen MR) is 83.7 cm³/mol. The molecule has 7 heteroatoms. The molecule has 1 N–H and O–H groups in total. The Kier molecular flexibility index (Phi) is 5.03. The molecule has 1 aliphatic rings. The Morgan fingerprint density at radius 1 is 1.32 bits per heavy atom. The Labute approximate surface area is 130 Å². The summed E-state index contributed by atoms with van der Waals surface area (Å²) in [4.78, 5) is 12.1. The van der Waals surface area contributed by atoms with Gasteiger partial charge in [0.2, 0.25) is 15.9 Å². The average Bonchev–Trinajstić information content (AvgIpc) is 2.96. The number of nitrogens with one attached hydrogen (secondary N) is 1. The molecule has 1 saturated carbocycles. The maximum atomic E-state index is 12.1. The second-order valence-electron chi connectivity index (χ2n) is 5.48. The summed E-state index contributed by atoms with van der Waals surface area (Å²) in [6, 6.07) is 8.24. The van der Waals surface area contributed by atoms with Crippen LogP contribution in [0, 0.1) is 11.3 Å². The fourth-order valence-corrected chi connectivity index (χ4v) is 3.43. The van der Waals surface area contributed by atoms with Crippen LogP contribution in [0.15, 0.2) is 24.3 Å². The minimum absolute atomic E-state index is 0.148. The molecule has 1 aromatic rings. The Morgan fingerprint density at radius 2 is 1.91 bits per heavy atom. The van der Waals surface area contributed by atoms with Gasteiger partial charge in [0.05, 0.1) is 23.6 Å². The molecular formula is C15H19N3O3S. The fourth-order valence-electron chi connectivity index (χ4n) is 2.58. The van der Waals surface area contributed by atoms with Crippen LogP contribution < -0.4 is 9.62 Å². The van der Waals surface area contributed by atoms with Gasteiger partial charge in [0.25, 0.3) is 0 Å². The molecule has 0 aromatic heterocycles. The molecule has 0 atom stereocenters. The number of sulfonamides is 1. The van der Waals surface area contributed by atoms with Crippen molar-refractivity contribution in [1.29, 1.82) is 5.26 Å². The lowest BCUT2D eigenvalue weighted by Gasteiger charge is -2.23. The van der Waals surface area contributed by atoms with Crippen molar-refractivity contribution in [2.45, 2.75) is 31.7 Å². The maximum absolute atomic E-state index is 12.1.